The predicted molar refractivity (Wildman–Crippen MR) is 258 cm³/mol. The molecule has 13 heteroatoms. The van der Waals surface area contributed by atoms with Crippen molar-refractivity contribution in [3.63, 3.8) is 0 Å². The molecule has 1 heterocycles. The molecule has 4 aliphatic rings. The number of rotatable bonds is 23. The maximum atomic E-state index is 15.2. The van der Waals surface area contributed by atoms with Gasteiger partial charge in [-0.1, -0.05) is 104 Å². The van der Waals surface area contributed by atoms with Crippen molar-refractivity contribution in [1.82, 2.24) is 4.90 Å². The third-order valence-electron chi connectivity index (χ3n) is 14.4. The van der Waals surface area contributed by atoms with Crippen molar-refractivity contribution in [2.75, 3.05) is 19.8 Å². The average Bonchev–Trinajstić information content (AvgIpc) is 3.88. The van der Waals surface area contributed by atoms with E-state index in [-0.39, 0.29) is 74.6 Å². The maximum absolute atomic E-state index is 15.2. The number of hydrogen-bond donors (Lipinski definition) is 2. The third kappa shape index (κ3) is 11.2. The number of nitro benzene ring substituents is 1. The molecular weight excluding hydrogens is 866 g/mol. The van der Waals surface area contributed by atoms with Crippen molar-refractivity contribution >= 4 is 17.3 Å². The number of carbonyl (C=O) groups excluding carboxylic acids is 1. The number of oxime groups is 1. The highest BCUT2D eigenvalue weighted by molar-refractivity contribution is 6.03. The van der Waals surface area contributed by atoms with Gasteiger partial charge in [-0.25, -0.2) is 4.39 Å². The molecule has 0 bridgehead atoms. The van der Waals surface area contributed by atoms with E-state index in [0.717, 1.165) is 80.1 Å². The lowest BCUT2D eigenvalue weighted by Crippen LogP contribution is -2.70. The number of nitrogens with zero attached hydrogens (tertiary/aromatic N) is 3. The fourth-order valence-electron chi connectivity index (χ4n) is 11.2. The highest BCUT2D eigenvalue weighted by Gasteiger charge is 2.65. The Bertz CT molecular complexity index is 2400. The van der Waals surface area contributed by atoms with E-state index < -0.39 is 22.7 Å². The zero-order valence-corrected chi connectivity index (χ0v) is 38.8. The summed E-state index contributed by atoms with van der Waals surface area (Å²) < 4.78 is 35.5. The van der Waals surface area contributed by atoms with Gasteiger partial charge < -0.3 is 34.2 Å². The summed E-state index contributed by atoms with van der Waals surface area (Å²) in [5.41, 5.74) is 4.02. The van der Waals surface area contributed by atoms with Crippen LogP contribution in [-0.2, 0) is 27.5 Å². The van der Waals surface area contributed by atoms with Crippen LogP contribution >= 0.6 is 0 Å². The number of nitro groups is 1. The summed E-state index contributed by atoms with van der Waals surface area (Å²) in [4.78, 5) is 34.7. The van der Waals surface area contributed by atoms with Crippen molar-refractivity contribution < 1.29 is 43.4 Å². The monoisotopic (exact) mass is 929 g/mol. The second kappa shape index (κ2) is 22.9. The molecule has 0 unspecified atom stereocenters. The number of allylic oxidation sites excluding steroid dienone is 1. The van der Waals surface area contributed by atoms with Gasteiger partial charge in [-0.2, -0.15) is 0 Å². The molecule has 2 fully saturated rings. The molecule has 8 rings (SSSR count). The predicted octanol–water partition coefficient (Wildman–Crippen LogP) is 11.4. The standard InChI is InChI=1S/C55H64FN3O9/c1-2-31-65-55-51(58(36-39-21-24-42(56)25-22-39)52(62)28-23-38-13-6-7-14-38)35-49(57-66-37-40-15-4-3-5-16-40)47-32-41(17-8-10-29-60)46(20-9-11-30-61)53(54(47)55)48-34-45(26-27-50(48)68-55)67-44-19-12-18-43(33-44)59(63)64/h2-5,12,15-16,18-19,21-22,24-27,32-34,38,41,46,51,53-54,60-61H,1,6-11,13-14,17,20,23,28-31,35-37H2/t41-,46+,51-,53+,54+,55+/m0/s1. The molecule has 0 aromatic heterocycles. The topological polar surface area (TPSA) is 153 Å². The van der Waals surface area contributed by atoms with E-state index in [2.05, 4.69) is 12.7 Å². The Hall–Kier alpha value is -5.89. The Morgan fingerprint density at radius 3 is 2.40 bits per heavy atom. The van der Waals surface area contributed by atoms with Crippen LogP contribution in [0.25, 0.3) is 0 Å². The van der Waals surface area contributed by atoms with Crippen LogP contribution in [0.2, 0.25) is 0 Å². The van der Waals surface area contributed by atoms with Gasteiger partial charge in [0.2, 0.25) is 11.7 Å². The molecule has 3 aliphatic carbocycles. The first-order valence-corrected chi connectivity index (χ1v) is 24.4. The Morgan fingerprint density at radius 2 is 1.66 bits per heavy atom. The number of hydrogen-bond acceptors (Lipinski definition) is 10. The van der Waals surface area contributed by atoms with Gasteiger partial charge in [-0.15, -0.1) is 6.58 Å². The van der Waals surface area contributed by atoms with Crippen molar-refractivity contribution in [3.8, 4) is 17.2 Å². The summed E-state index contributed by atoms with van der Waals surface area (Å²) in [5.74, 6) is -1.07. The zero-order chi connectivity index (χ0) is 47.5. The molecule has 2 N–H and O–H groups in total. The van der Waals surface area contributed by atoms with Gasteiger partial charge in [0, 0.05) is 50.1 Å². The third-order valence-corrected chi connectivity index (χ3v) is 14.4. The fourth-order valence-corrected chi connectivity index (χ4v) is 11.2. The van der Waals surface area contributed by atoms with Crippen LogP contribution in [0.3, 0.4) is 0 Å². The first kappa shape index (κ1) is 48.6. The van der Waals surface area contributed by atoms with Crippen molar-refractivity contribution in [1.29, 1.82) is 0 Å². The molecule has 4 aromatic carbocycles. The van der Waals surface area contributed by atoms with Crippen molar-refractivity contribution in [2.45, 2.75) is 114 Å². The lowest BCUT2D eigenvalue weighted by atomic mass is 9.55. The molecule has 6 atom stereocenters. The van der Waals surface area contributed by atoms with Crippen molar-refractivity contribution in [3.05, 3.63) is 154 Å². The number of aliphatic hydroxyl groups excluding tert-OH is 2. The van der Waals surface area contributed by atoms with E-state index in [4.69, 9.17) is 24.2 Å². The average molecular weight is 930 g/mol. The largest absolute Gasteiger partial charge is 0.459 e. The van der Waals surface area contributed by atoms with Gasteiger partial charge in [-0.05, 0) is 103 Å². The second-order valence-electron chi connectivity index (χ2n) is 18.7. The minimum Gasteiger partial charge on any atom is -0.459 e. The lowest BCUT2D eigenvalue weighted by molar-refractivity contribution is -0.384. The number of ether oxygens (including phenoxy) is 3. The first-order valence-electron chi connectivity index (χ1n) is 24.4. The molecule has 0 saturated heterocycles. The van der Waals surface area contributed by atoms with Crippen LogP contribution in [0.15, 0.2) is 127 Å². The number of non-ortho nitro benzene ring substituents is 1. The number of carbonyl (C=O) groups is 1. The first-order chi connectivity index (χ1) is 33.2. The zero-order valence-electron chi connectivity index (χ0n) is 38.8. The quantitative estimate of drug-likeness (QED) is 0.0320. The van der Waals surface area contributed by atoms with E-state index in [1.807, 2.05) is 47.4 Å². The molecular formula is C55H64FN3O9. The highest BCUT2D eigenvalue weighted by Crippen LogP contribution is 2.62. The summed E-state index contributed by atoms with van der Waals surface area (Å²) >= 11 is 0. The van der Waals surface area contributed by atoms with Crippen LogP contribution in [-0.4, -0.2) is 63.3 Å². The molecule has 360 valence electrons. The Labute approximate surface area is 398 Å². The van der Waals surface area contributed by atoms with Crippen molar-refractivity contribution in [2.24, 2.45) is 28.8 Å². The Kier molecular flexibility index (Phi) is 16.4. The lowest BCUT2D eigenvalue weighted by Gasteiger charge is -2.60. The molecule has 1 aliphatic heterocycles. The van der Waals surface area contributed by atoms with Crippen LogP contribution in [0.4, 0.5) is 10.1 Å². The Balaban J connectivity index is 1.32. The van der Waals surface area contributed by atoms with Gasteiger partial charge >= 0.3 is 0 Å². The summed E-state index contributed by atoms with van der Waals surface area (Å²) in [6, 6.07) is 27.0. The van der Waals surface area contributed by atoms with Crippen LogP contribution in [0, 0.1) is 39.6 Å². The number of amides is 1. The maximum Gasteiger partial charge on any atom is 0.273 e. The van der Waals surface area contributed by atoms with Gasteiger partial charge in [0.05, 0.1) is 29.2 Å². The van der Waals surface area contributed by atoms with E-state index in [1.54, 1.807) is 36.4 Å². The normalized spacial score (nSPS) is 23.5. The molecule has 12 nitrogen and oxygen atoms in total. The SMILES string of the molecule is C=CCO[C@@]12Oc3ccc(Oc4cccc([N+](=O)[O-])c4)cc3[C@H]3[C@H](CCCCO)[C@@H](CCCCO)C=C(C(=NOCc4ccccc4)C[C@@H]1N(Cc1ccc(F)cc1)C(=O)CCC1CCCC1)[C@H]32. The van der Waals surface area contributed by atoms with E-state index in [0.29, 0.717) is 48.1 Å². The van der Waals surface area contributed by atoms with Crippen LogP contribution in [0.1, 0.15) is 106 Å². The molecule has 1 amide bonds. The van der Waals surface area contributed by atoms with Crippen LogP contribution in [0.5, 0.6) is 17.2 Å². The van der Waals surface area contributed by atoms with Crippen LogP contribution < -0.4 is 9.47 Å². The van der Waals surface area contributed by atoms with Gasteiger partial charge in [-0.3, -0.25) is 14.9 Å². The number of unbranched alkanes of at least 4 members (excludes halogenated alkanes) is 2. The highest BCUT2D eigenvalue weighted by atomic mass is 19.1. The molecule has 4 aromatic rings. The minimum absolute atomic E-state index is 0.000120. The molecule has 68 heavy (non-hydrogen) atoms. The van der Waals surface area contributed by atoms with Gasteiger partial charge in [0.25, 0.3) is 5.69 Å². The second-order valence-corrected chi connectivity index (χ2v) is 18.7. The summed E-state index contributed by atoms with van der Waals surface area (Å²) in [6.45, 7) is 4.66. The summed E-state index contributed by atoms with van der Waals surface area (Å²) in [6.07, 6.45) is 14.1. The van der Waals surface area contributed by atoms with Gasteiger partial charge in [0.1, 0.15) is 35.7 Å². The van der Waals surface area contributed by atoms with E-state index in [1.165, 1.54) is 24.3 Å². The van der Waals surface area contributed by atoms with E-state index in [9.17, 15) is 24.7 Å². The molecule has 0 radical (unpaired) electrons. The van der Waals surface area contributed by atoms with E-state index >= 15 is 4.79 Å². The summed E-state index contributed by atoms with van der Waals surface area (Å²) in [5, 5.41) is 36.8. The smallest absolute Gasteiger partial charge is 0.273 e. The molecule has 0 spiro atoms. The Morgan fingerprint density at radius 1 is 0.912 bits per heavy atom. The number of benzene rings is 4. The number of halogens is 1. The molecule has 2 saturated carbocycles. The number of aliphatic hydroxyl groups is 2. The minimum atomic E-state index is -1.49. The van der Waals surface area contributed by atoms with Gasteiger partial charge in [0.15, 0.2) is 0 Å². The summed E-state index contributed by atoms with van der Waals surface area (Å²) in [7, 11) is 0. The number of fused-ring (bicyclic) bond motifs is 2. The fraction of sp³-hybridized carbons (Fsp3) is 0.455.